The highest BCUT2D eigenvalue weighted by Crippen LogP contribution is 2.23. The fourth-order valence-corrected chi connectivity index (χ4v) is 1.82. The van der Waals surface area contributed by atoms with Gasteiger partial charge in [-0.15, -0.1) is 11.3 Å². The van der Waals surface area contributed by atoms with Crippen LogP contribution in [-0.4, -0.2) is 5.91 Å². The second-order valence-electron chi connectivity index (χ2n) is 2.31. The van der Waals surface area contributed by atoms with Crippen molar-refractivity contribution in [3.63, 3.8) is 0 Å². The van der Waals surface area contributed by atoms with Crippen molar-refractivity contribution < 1.29 is 4.79 Å². The maximum absolute atomic E-state index is 10.7. The van der Waals surface area contributed by atoms with Gasteiger partial charge in [0.2, 0.25) is 5.91 Å². The van der Waals surface area contributed by atoms with Gasteiger partial charge in [0.25, 0.3) is 0 Å². The van der Waals surface area contributed by atoms with Crippen LogP contribution in [0.1, 0.15) is 19.4 Å². The van der Waals surface area contributed by atoms with E-state index in [4.69, 9.17) is 0 Å². The number of nitrogens with one attached hydrogen (secondary N) is 1. The second-order valence-corrected chi connectivity index (χ2v) is 3.23. The fourth-order valence-electron chi connectivity index (χ4n) is 0.884. The molecule has 3 heteroatoms. The molecule has 1 aromatic rings. The Balaban J connectivity index is 2.76. The number of carbonyl (C=O) groups is 1. The number of hydrogen-bond donors (Lipinski definition) is 1. The molecule has 0 aliphatic heterocycles. The molecule has 0 aliphatic carbocycles. The molecular formula is C8H11NOS. The first-order valence-corrected chi connectivity index (χ1v) is 4.46. The summed E-state index contributed by atoms with van der Waals surface area (Å²) in [5.74, 6) is 0.00199. The van der Waals surface area contributed by atoms with Gasteiger partial charge in [-0.2, -0.15) is 0 Å². The first-order chi connectivity index (χ1) is 5.24. The molecule has 0 saturated carbocycles. The van der Waals surface area contributed by atoms with Crippen LogP contribution in [0.5, 0.6) is 0 Å². The van der Waals surface area contributed by atoms with E-state index < -0.39 is 0 Å². The predicted molar refractivity (Wildman–Crippen MR) is 48.0 cm³/mol. The van der Waals surface area contributed by atoms with E-state index >= 15 is 0 Å². The molecule has 11 heavy (non-hydrogen) atoms. The van der Waals surface area contributed by atoms with Crippen molar-refractivity contribution in [3.8, 4) is 0 Å². The number of carbonyl (C=O) groups excluding carboxylic acids is 1. The summed E-state index contributed by atoms with van der Waals surface area (Å²) >= 11 is 1.57. The van der Waals surface area contributed by atoms with Gasteiger partial charge in [0.15, 0.2) is 0 Å². The molecule has 0 aliphatic rings. The molecule has 2 nitrogen and oxygen atoms in total. The first-order valence-electron chi connectivity index (χ1n) is 3.58. The zero-order valence-corrected chi connectivity index (χ0v) is 7.49. The molecule has 0 unspecified atom stereocenters. The molecule has 1 N–H and O–H groups in total. The third-order valence-corrected chi connectivity index (χ3v) is 2.29. The summed E-state index contributed by atoms with van der Waals surface area (Å²) in [6.07, 6.45) is 0.971. The first kappa shape index (κ1) is 8.27. The molecule has 0 saturated heterocycles. The van der Waals surface area contributed by atoms with Crippen molar-refractivity contribution in [2.24, 2.45) is 0 Å². The quantitative estimate of drug-likeness (QED) is 0.723. The Morgan fingerprint density at radius 3 is 3.00 bits per heavy atom. The van der Waals surface area contributed by atoms with Gasteiger partial charge in [-0.3, -0.25) is 4.79 Å². The number of anilines is 1. The van der Waals surface area contributed by atoms with Crippen LogP contribution in [0.3, 0.4) is 0 Å². The van der Waals surface area contributed by atoms with Crippen molar-refractivity contribution in [1.29, 1.82) is 0 Å². The zero-order valence-electron chi connectivity index (χ0n) is 6.68. The predicted octanol–water partition coefficient (Wildman–Crippen LogP) is 2.27. The molecule has 0 aromatic carbocycles. The Hall–Kier alpha value is -0.830. The Morgan fingerprint density at radius 1 is 1.73 bits per heavy atom. The van der Waals surface area contributed by atoms with E-state index in [2.05, 4.69) is 12.2 Å². The van der Waals surface area contributed by atoms with Crippen molar-refractivity contribution >= 4 is 22.2 Å². The maximum atomic E-state index is 10.7. The Bertz CT molecular complexity index is 254. The van der Waals surface area contributed by atoms with E-state index in [9.17, 15) is 4.79 Å². The Labute approximate surface area is 70.2 Å². The van der Waals surface area contributed by atoms with Crippen LogP contribution in [0.4, 0.5) is 5.00 Å². The lowest BCUT2D eigenvalue weighted by Crippen LogP contribution is -2.05. The standard InChI is InChI=1S/C8H11NOS/c1-3-7-4-5-11-8(7)9-6(2)10/h4-5H,3H2,1-2H3,(H,9,10). The minimum Gasteiger partial charge on any atom is -0.318 e. The molecule has 0 radical (unpaired) electrons. The maximum Gasteiger partial charge on any atom is 0.221 e. The Morgan fingerprint density at radius 2 is 2.45 bits per heavy atom. The molecule has 1 rings (SSSR count). The van der Waals surface area contributed by atoms with Gasteiger partial charge in [0.1, 0.15) is 0 Å². The van der Waals surface area contributed by atoms with Crippen molar-refractivity contribution in [1.82, 2.24) is 0 Å². The molecular weight excluding hydrogens is 158 g/mol. The minimum atomic E-state index is 0.00199. The van der Waals surface area contributed by atoms with E-state index in [1.165, 1.54) is 12.5 Å². The zero-order chi connectivity index (χ0) is 8.27. The van der Waals surface area contributed by atoms with Crippen LogP contribution in [0.15, 0.2) is 11.4 Å². The summed E-state index contributed by atoms with van der Waals surface area (Å²) in [4.78, 5) is 10.7. The van der Waals surface area contributed by atoms with Crippen LogP contribution in [0, 0.1) is 0 Å². The fraction of sp³-hybridized carbons (Fsp3) is 0.375. The van der Waals surface area contributed by atoms with Crippen LogP contribution < -0.4 is 5.32 Å². The highest BCUT2D eigenvalue weighted by Gasteiger charge is 2.02. The summed E-state index contributed by atoms with van der Waals surface area (Å²) in [6.45, 7) is 3.60. The minimum absolute atomic E-state index is 0.00199. The molecule has 1 amide bonds. The van der Waals surface area contributed by atoms with Crippen molar-refractivity contribution in [2.45, 2.75) is 20.3 Å². The number of amides is 1. The lowest BCUT2D eigenvalue weighted by atomic mass is 10.2. The summed E-state index contributed by atoms with van der Waals surface area (Å²) in [5.41, 5.74) is 1.21. The average molecular weight is 169 g/mol. The number of rotatable bonds is 2. The smallest absolute Gasteiger partial charge is 0.221 e. The lowest BCUT2D eigenvalue weighted by molar-refractivity contribution is -0.114. The number of hydrogen-bond acceptors (Lipinski definition) is 2. The Kier molecular flexibility index (Phi) is 2.65. The van der Waals surface area contributed by atoms with Crippen LogP contribution in [0.25, 0.3) is 0 Å². The van der Waals surface area contributed by atoms with E-state index in [-0.39, 0.29) is 5.91 Å². The van der Waals surface area contributed by atoms with Crippen molar-refractivity contribution in [2.75, 3.05) is 5.32 Å². The van der Waals surface area contributed by atoms with E-state index in [0.29, 0.717) is 0 Å². The number of thiophene rings is 1. The summed E-state index contributed by atoms with van der Waals surface area (Å²) in [7, 11) is 0. The van der Waals surface area contributed by atoms with Gasteiger partial charge < -0.3 is 5.32 Å². The van der Waals surface area contributed by atoms with Crippen LogP contribution in [-0.2, 0) is 11.2 Å². The number of aryl methyl sites for hydroxylation is 1. The molecule has 60 valence electrons. The van der Waals surface area contributed by atoms with Crippen LogP contribution in [0.2, 0.25) is 0 Å². The largest absolute Gasteiger partial charge is 0.318 e. The third-order valence-electron chi connectivity index (χ3n) is 1.42. The summed E-state index contributed by atoms with van der Waals surface area (Å²) in [5, 5.41) is 5.76. The van der Waals surface area contributed by atoms with E-state index in [1.54, 1.807) is 11.3 Å². The molecule has 0 atom stereocenters. The van der Waals surface area contributed by atoms with E-state index in [0.717, 1.165) is 11.4 Å². The average Bonchev–Trinajstić information content (AvgIpc) is 2.34. The van der Waals surface area contributed by atoms with Crippen LogP contribution >= 0.6 is 11.3 Å². The summed E-state index contributed by atoms with van der Waals surface area (Å²) < 4.78 is 0. The van der Waals surface area contributed by atoms with E-state index in [1.807, 2.05) is 11.4 Å². The highest BCUT2D eigenvalue weighted by molar-refractivity contribution is 7.14. The second kappa shape index (κ2) is 3.53. The molecule has 0 spiro atoms. The topological polar surface area (TPSA) is 29.1 Å². The third kappa shape index (κ3) is 2.05. The molecule has 1 aromatic heterocycles. The SMILES string of the molecule is CCc1ccsc1NC(C)=O. The van der Waals surface area contributed by atoms with Gasteiger partial charge in [0.05, 0.1) is 5.00 Å². The van der Waals surface area contributed by atoms with Gasteiger partial charge in [-0.25, -0.2) is 0 Å². The monoisotopic (exact) mass is 169 g/mol. The molecule has 1 heterocycles. The lowest BCUT2D eigenvalue weighted by Gasteiger charge is -1.99. The van der Waals surface area contributed by atoms with Gasteiger partial charge in [-0.1, -0.05) is 6.92 Å². The summed E-state index contributed by atoms with van der Waals surface area (Å²) in [6, 6.07) is 2.04. The molecule has 0 fully saturated rings. The van der Waals surface area contributed by atoms with Crippen molar-refractivity contribution in [3.05, 3.63) is 17.0 Å². The normalized spacial score (nSPS) is 9.64. The highest BCUT2D eigenvalue weighted by atomic mass is 32.1. The molecule has 0 bridgehead atoms. The van der Waals surface area contributed by atoms with Gasteiger partial charge in [0, 0.05) is 6.92 Å². The van der Waals surface area contributed by atoms with Gasteiger partial charge in [-0.05, 0) is 23.4 Å². The van der Waals surface area contributed by atoms with Gasteiger partial charge >= 0.3 is 0 Å².